The van der Waals surface area contributed by atoms with Crippen LogP contribution in [0.15, 0.2) is 0 Å². The summed E-state index contributed by atoms with van der Waals surface area (Å²) in [5.41, 5.74) is 0. The van der Waals surface area contributed by atoms with Gasteiger partial charge in [-0.3, -0.25) is 0 Å². The normalized spacial score (nSPS) is 24.0. The van der Waals surface area contributed by atoms with Gasteiger partial charge in [0.05, 0.1) is 0 Å². The summed E-state index contributed by atoms with van der Waals surface area (Å²) in [4.78, 5) is 0. The Balaban J connectivity index is 2.47. The van der Waals surface area contributed by atoms with Gasteiger partial charge in [-0.05, 0) is 38.3 Å². The zero-order chi connectivity index (χ0) is 9.24. The molecule has 72 valence electrons. The molecule has 1 rings (SSSR count). The van der Waals surface area contributed by atoms with E-state index in [9.17, 15) is 0 Å². The van der Waals surface area contributed by atoms with Crippen molar-refractivity contribution in [1.29, 1.82) is 0 Å². The molecule has 1 aliphatic rings. The molecule has 0 aromatic carbocycles. The summed E-state index contributed by atoms with van der Waals surface area (Å²) in [7, 11) is -2.47. The first-order chi connectivity index (χ1) is 5.41. The van der Waals surface area contributed by atoms with Crippen LogP contribution in [-0.2, 0) is 4.12 Å². The molecule has 0 N–H and O–H groups in total. The highest BCUT2D eigenvalue weighted by Crippen LogP contribution is 2.31. The summed E-state index contributed by atoms with van der Waals surface area (Å²) in [6.45, 7) is 9.39. The molecule has 0 atom stereocenters. The zero-order valence-corrected chi connectivity index (χ0v) is 10.9. The molecule has 1 aliphatic heterocycles. The largest absolute Gasteiger partial charge is 0.456 e. The lowest BCUT2D eigenvalue weighted by Crippen LogP contribution is -2.45. The van der Waals surface area contributed by atoms with Gasteiger partial charge in [-0.25, -0.2) is 0 Å². The topological polar surface area (TPSA) is 9.23 Å². The molecule has 0 unspecified atom stereocenters. The van der Waals surface area contributed by atoms with Crippen LogP contribution in [0.3, 0.4) is 0 Å². The predicted molar refractivity (Wildman–Crippen MR) is 59.5 cm³/mol. The van der Waals surface area contributed by atoms with E-state index in [4.69, 9.17) is 4.12 Å². The van der Waals surface area contributed by atoms with Crippen LogP contribution in [0.2, 0.25) is 38.3 Å². The summed E-state index contributed by atoms with van der Waals surface area (Å²) in [5, 5.41) is 0. The molecule has 0 bridgehead atoms. The Kier molecular flexibility index (Phi) is 3.18. The van der Waals surface area contributed by atoms with Gasteiger partial charge >= 0.3 is 0 Å². The zero-order valence-electron chi connectivity index (χ0n) is 8.94. The molecule has 0 amide bonds. The molecule has 1 fully saturated rings. The molecule has 12 heavy (non-hydrogen) atoms. The summed E-state index contributed by atoms with van der Waals surface area (Å²) in [5.74, 6) is 0. The molecule has 0 saturated carbocycles. The van der Waals surface area contributed by atoms with Crippen molar-refractivity contribution in [2.24, 2.45) is 0 Å². The van der Waals surface area contributed by atoms with Gasteiger partial charge in [0.1, 0.15) is 0 Å². The molecule has 0 aromatic rings. The van der Waals surface area contributed by atoms with Crippen molar-refractivity contribution in [1.82, 2.24) is 0 Å². The fraction of sp³-hybridized carbons (Fsp3) is 1.00. The standard InChI is InChI=1S/C9H22OSi2/c1-11(2,3)10-12(4)8-6-5-7-9-12/h5-9H2,1-4H3. The number of hydrogen-bond acceptors (Lipinski definition) is 1. The van der Waals surface area contributed by atoms with E-state index in [-0.39, 0.29) is 0 Å². The molecular weight excluding hydrogens is 180 g/mol. The highest BCUT2D eigenvalue weighted by molar-refractivity contribution is 6.84. The van der Waals surface area contributed by atoms with E-state index in [1.807, 2.05) is 0 Å². The van der Waals surface area contributed by atoms with Crippen LogP contribution in [0.4, 0.5) is 0 Å². The van der Waals surface area contributed by atoms with E-state index in [1.165, 1.54) is 31.4 Å². The van der Waals surface area contributed by atoms with Crippen molar-refractivity contribution in [3.63, 3.8) is 0 Å². The van der Waals surface area contributed by atoms with Gasteiger partial charge in [0.25, 0.3) is 0 Å². The van der Waals surface area contributed by atoms with Crippen molar-refractivity contribution in [3.05, 3.63) is 0 Å². The lowest BCUT2D eigenvalue weighted by molar-refractivity contribution is 0.506. The molecule has 0 spiro atoms. The van der Waals surface area contributed by atoms with Gasteiger partial charge in [-0.15, -0.1) is 0 Å². The smallest absolute Gasteiger partial charge is 0.176 e. The third kappa shape index (κ3) is 3.41. The minimum absolute atomic E-state index is 1.21. The Labute approximate surface area is 78.8 Å². The number of rotatable bonds is 2. The average molecular weight is 202 g/mol. The van der Waals surface area contributed by atoms with Crippen LogP contribution in [0.5, 0.6) is 0 Å². The maximum Gasteiger partial charge on any atom is 0.176 e. The van der Waals surface area contributed by atoms with E-state index in [0.717, 1.165) is 0 Å². The quantitative estimate of drug-likeness (QED) is 0.622. The Morgan fingerprint density at radius 3 is 1.92 bits per heavy atom. The van der Waals surface area contributed by atoms with Crippen LogP contribution in [0.25, 0.3) is 0 Å². The van der Waals surface area contributed by atoms with Crippen molar-refractivity contribution < 1.29 is 4.12 Å². The van der Waals surface area contributed by atoms with Gasteiger partial charge in [0.2, 0.25) is 0 Å². The maximum absolute atomic E-state index is 6.34. The van der Waals surface area contributed by atoms with Crippen LogP contribution in [-0.4, -0.2) is 16.6 Å². The fourth-order valence-electron chi connectivity index (χ4n) is 2.14. The van der Waals surface area contributed by atoms with Gasteiger partial charge in [-0.1, -0.05) is 19.3 Å². The molecule has 0 aromatic heterocycles. The van der Waals surface area contributed by atoms with Gasteiger partial charge in [0.15, 0.2) is 16.6 Å². The third-order valence-electron chi connectivity index (χ3n) is 2.46. The second-order valence-electron chi connectivity index (χ2n) is 5.23. The molecule has 1 heterocycles. The second kappa shape index (κ2) is 3.64. The summed E-state index contributed by atoms with van der Waals surface area (Å²) >= 11 is 0. The molecule has 3 heteroatoms. The van der Waals surface area contributed by atoms with E-state index in [1.54, 1.807) is 0 Å². The first kappa shape index (κ1) is 10.5. The second-order valence-corrected chi connectivity index (χ2v) is 14.2. The minimum atomic E-state index is -1.26. The highest BCUT2D eigenvalue weighted by atomic mass is 28.4. The SMILES string of the molecule is C[Si](C)(C)O[Si]1(C)CCCCC1. The van der Waals surface area contributed by atoms with Crippen LogP contribution < -0.4 is 0 Å². The Hall–Kier alpha value is 0.394. The Morgan fingerprint density at radius 1 is 1.00 bits per heavy atom. The van der Waals surface area contributed by atoms with E-state index >= 15 is 0 Å². The van der Waals surface area contributed by atoms with E-state index in [2.05, 4.69) is 26.2 Å². The summed E-state index contributed by atoms with van der Waals surface area (Å²) in [6.07, 6.45) is 4.29. The van der Waals surface area contributed by atoms with Gasteiger partial charge < -0.3 is 4.12 Å². The first-order valence-electron chi connectivity index (χ1n) is 5.12. The first-order valence-corrected chi connectivity index (χ1v) is 11.3. The minimum Gasteiger partial charge on any atom is -0.456 e. The predicted octanol–water partition coefficient (Wildman–Crippen LogP) is 3.60. The van der Waals surface area contributed by atoms with Crippen molar-refractivity contribution >= 4 is 16.6 Å². The average Bonchev–Trinajstić information content (AvgIpc) is 1.83. The lowest BCUT2D eigenvalue weighted by atomic mass is 10.3. The Bertz CT molecular complexity index is 145. The monoisotopic (exact) mass is 202 g/mol. The summed E-state index contributed by atoms with van der Waals surface area (Å²) in [6, 6.07) is 2.83. The molecular formula is C9H22OSi2. The highest BCUT2D eigenvalue weighted by Gasteiger charge is 2.35. The molecule has 0 aliphatic carbocycles. The van der Waals surface area contributed by atoms with Gasteiger partial charge in [-0.2, -0.15) is 0 Å². The van der Waals surface area contributed by atoms with E-state index < -0.39 is 16.6 Å². The third-order valence-corrected chi connectivity index (χ3v) is 9.71. The lowest BCUT2D eigenvalue weighted by Gasteiger charge is -2.37. The van der Waals surface area contributed by atoms with Crippen molar-refractivity contribution in [2.75, 3.05) is 0 Å². The van der Waals surface area contributed by atoms with Crippen molar-refractivity contribution in [2.45, 2.75) is 57.5 Å². The van der Waals surface area contributed by atoms with Crippen LogP contribution in [0, 0.1) is 0 Å². The molecule has 1 saturated heterocycles. The summed E-state index contributed by atoms with van der Waals surface area (Å²) < 4.78 is 6.34. The number of hydrogen-bond donors (Lipinski definition) is 0. The van der Waals surface area contributed by atoms with Crippen LogP contribution >= 0.6 is 0 Å². The fourth-order valence-corrected chi connectivity index (χ4v) is 11.1. The van der Waals surface area contributed by atoms with Gasteiger partial charge in [0, 0.05) is 0 Å². The maximum atomic E-state index is 6.34. The Morgan fingerprint density at radius 2 is 1.50 bits per heavy atom. The van der Waals surface area contributed by atoms with E-state index in [0.29, 0.717) is 0 Å². The molecule has 0 radical (unpaired) electrons. The van der Waals surface area contributed by atoms with Crippen LogP contribution in [0.1, 0.15) is 19.3 Å². The molecule has 1 nitrogen and oxygen atoms in total. The van der Waals surface area contributed by atoms with Crippen molar-refractivity contribution in [3.8, 4) is 0 Å².